The van der Waals surface area contributed by atoms with E-state index in [0.717, 1.165) is 11.1 Å². The van der Waals surface area contributed by atoms with Gasteiger partial charge in [0, 0.05) is 12.8 Å². The Balaban J connectivity index is 1.84. The third-order valence-electron chi connectivity index (χ3n) is 3.03. The van der Waals surface area contributed by atoms with Crippen molar-refractivity contribution in [3.63, 3.8) is 0 Å². The molecule has 0 aromatic heterocycles. The minimum Gasteiger partial charge on any atom is -0.429 e. The van der Waals surface area contributed by atoms with Gasteiger partial charge in [-0.2, -0.15) is 0 Å². The van der Waals surface area contributed by atoms with Gasteiger partial charge in [0.15, 0.2) is 0 Å². The second-order valence-corrected chi connectivity index (χ2v) is 5.02. The van der Waals surface area contributed by atoms with Gasteiger partial charge in [0.05, 0.1) is 0 Å². The first-order valence-corrected chi connectivity index (χ1v) is 6.31. The molecule has 3 heteroatoms. The summed E-state index contributed by atoms with van der Waals surface area (Å²) in [7, 11) is 0. The molecule has 100 valence electrons. The molecule has 1 aliphatic carbocycles. The average molecular weight is 258 g/mol. The second kappa shape index (κ2) is 5.74. The van der Waals surface area contributed by atoms with Gasteiger partial charge in [-0.1, -0.05) is 54.6 Å². The summed E-state index contributed by atoms with van der Waals surface area (Å²) in [5.74, 6) is 0. The molecule has 0 unspecified atom stereocenters. The van der Waals surface area contributed by atoms with Gasteiger partial charge in [0.2, 0.25) is 0 Å². The number of hydrogen-bond acceptors (Lipinski definition) is 3. The number of rotatable bonds is 3. The van der Waals surface area contributed by atoms with Gasteiger partial charge in [-0.25, -0.2) is 4.79 Å². The molecule has 1 aromatic rings. The molecule has 1 aromatic carbocycles. The van der Waals surface area contributed by atoms with Crippen LogP contribution in [0.2, 0.25) is 0 Å². The van der Waals surface area contributed by atoms with Crippen LogP contribution in [0.4, 0.5) is 4.79 Å². The maximum atomic E-state index is 11.7. The fourth-order valence-corrected chi connectivity index (χ4v) is 2.11. The van der Waals surface area contributed by atoms with Crippen LogP contribution in [0.3, 0.4) is 0 Å². The van der Waals surface area contributed by atoms with Crippen LogP contribution in [-0.2, 0) is 16.1 Å². The van der Waals surface area contributed by atoms with Gasteiger partial charge in [-0.15, -0.1) is 0 Å². The van der Waals surface area contributed by atoms with Crippen molar-refractivity contribution in [1.82, 2.24) is 0 Å². The number of benzene rings is 1. The lowest BCUT2D eigenvalue weighted by Gasteiger charge is -2.30. The maximum absolute atomic E-state index is 11.7. The summed E-state index contributed by atoms with van der Waals surface area (Å²) in [6, 6.07) is 9.53. The molecule has 2 rings (SSSR count). The minimum atomic E-state index is -0.630. The highest BCUT2D eigenvalue weighted by Gasteiger charge is 2.31. The zero-order valence-corrected chi connectivity index (χ0v) is 11.1. The predicted octanol–water partition coefficient (Wildman–Crippen LogP) is 4.00. The van der Waals surface area contributed by atoms with E-state index in [1.807, 2.05) is 49.4 Å². The number of ether oxygens (including phenoxy) is 2. The lowest BCUT2D eigenvalue weighted by molar-refractivity contribution is -0.0281. The highest BCUT2D eigenvalue weighted by atomic mass is 16.7. The summed E-state index contributed by atoms with van der Waals surface area (Å²) in [5.41, 5.74) is 1.36. The Morgan fingerprint density at radius 3 is 2.79 bits per heavy atom. The highest BCUT2D eigenvalue weighted by Crippen LogP contribution is 2.29. The molecule has 0 spiro atoms. The van der Waals surface area contributed by atoms with Gasteiger partial charge in [0.1, 0.15) is 12.2 Å². The van der Waals surface area contributed by atoms with Crippen LogP contribution < -0.4 is 0 Å². The summed E-state index contributed by atoms with van der Waals surface area (Å²) in [4.78, 5) is 11.7. The van der Waals surface area contributed by atoms with Crippen LogP contribution in [0.25, 0.3) is 0 Å². The van der Waals surface area contributed by atoms with Crippen LogP contribution in [0, 0.1) is 0 Å². The predicted molar refractivity (Wildman–Crippen MR) is 73.6 cm³/mol. The third kappa shape index (κ3) is 3.98. The second-order valence-electron chi connectivity index (χ2n) is 5.02. The van der Waals surface area contributed by atoms with Crippen molar-refractivity contribution >= 4 is 6.16 Å². The molecule has 0 saturated carbocycles. The number of carbonyl (C=O) groups excluding carboxylic acids is 1. The summed E-state index contributed by atoms with van der Waals surface area (Å²) in [6.45, 7) is 6.01. The topological polar surface area (TPSA) is 35.5 Å². The first-order chi connectivity index (χ1) is 9.07. The standard InChI is InChI=1S/C16H18O3/c1-13-7-6-10-16(2,11-13)19-15(17)18-12-14-8-4-3-5-9-14/h3-9H,1,10-12H2,2H3/t16-/m1/s1. The van der Waals surface area contributed by atoms with E-state index in [-0.39, 0.29) is 6.61 Å². The van der Waals surface area contributed by atoms with Gasteiger partial charge < -0.3 is 9.47 Å². The van der Waals surface area contributed by atoms with E-state index < -0.39 is 11.8 Å². The maximum Gasteiger partial charge on any atom is 0.509 e. The fourth-order valence-electron chi connectivity index (χ4n) is 2.11. The van der Waals surface area contributed by atoms with E-state index in [9.17, 15) is 4.79 Å². The summed E-state index contributed by atoms with van der Waals surface area (Å²) < 4.78 is 10.5. The molecule has 19 heavy (non-hydrogen) atoms. The Kier molecular flexibility index (Phi) is 4.05. The van der Waals surface area contributed by atoms with Crippen molar-refractivity contribution < 1.29 is 14.3 Å². The molecule has 3 nitrogen and oxygen atoms in total. The van der Waals surface area contributed by atoms with Crippen molar-refractivity contribution in [2.45, 2.75) is 32.0 Å². The molecule has 1 atom stereocenters. The molecule has 0 bridgehead atoms. The Hall–Kier alpha value is -2.03. The van der Waals surface area contributed by atoms with Gasteiger partial charge in [-0.05, 0) is 12.5 Å². The molecular weight excluding hydrogens is 240 g/mol. The third-order valence-corrected chi connectivity index (χ3v) is 3.03. The molecular formula is C16H18O3. The largest absolute Gasteiger partial charge is 0.509 e. The first-order valence-electron chi connectivity index (χ1n) is 6.31. The SMILES string of the molecule is C=C1C=CC[C@@](C)(OC(=O)OCc2ccccc2)C1. The Morgan fingerprint density at radius 1 is 1.37 bits per heavy atom. The van der Waals surface area contributed by atoms with Gasteiger partial charge in [0.25, 0.3) is 0 Å². The van der Waals surface area contributed by atoms with E-state index in [4.69, 9.17) is 9.47 Å². The van der Waals surface area contributed by atoms with E-state index in [2.05, 4.69) is 6.58 Å². The summed E-state index contributed by atoms with van der Waals surface area (Å²) in [6.07, 6.45) is 4.63. The van der Waals surface area contributed by atoms with E-state index in [0.29, 0.717) is 12.8 Å². The minimum absolute atomic E-state index is 0.229. The average Bonchev–Trinajstić information content (AvgIpc) is 2.37. The molecule has 0 aliphatic heterocycles. The van der Waals surface area contributed by atoms with Gasteiger partial charge in [-0.3, -0.25) is 0 Å². The fraction of sp³-hybridized carbons (Fsp3) is 0.312. The Labute approximate surface area is 113 Å². The Bertz CT molecular complexity index is 490. The number of hydrogen-bond donors (Lipinski definition) is 0. The van der Waals surface area contributed by atoms with Crippen LogP contribution in [0.1, 0.15) is 25.3 Å². The normalized spacial score (nSPS) is 22.1. The molecule has 1 aliphatic rings. The monoisotopic (exact) mass is 258 g/mol. The van der Waals surface area contributed by atoms with Gasteiger partial charge >= 0.3 is 6.16 Å². The molecule has 0 radical (unpaired) electrons. The van der Waals surface area contributed by atoms with Crippen molar-refractivity contribution in [2.24, 2.45) is 0 Å². The molecule has 0 amide bonds. The summed E-state index contributed by atoms with van der Waals surface area (Å²) in [5, 5.41) is 0. The van der Waals surface area contributed by atoms with Crippen molar-refractivity contribution in [2.75, 3.05) is 0 Å². The Morgan fingerprint density at radius 2 is 2.11 bits per heavy atom. The molecule has 0 saturated heterocycles. The zero-order chi connectivity index (χ0) is 13.7. The highest BCUT2D eigenvalue weighted by molar-refractivity contribution is 5.60. The molecule has 0 heterocycles. The molecule has 0 fully saturated rings. The van der Waals surface area contributed by atoms with E-state index >= 15 is 0 Å². The van der Waals surface area contributed by atoms with Crippen LogP contribution in [-0.4, -0.2) is 11.8 Å². The van der Waals surface area contributed by atoms with E-state index in [1.165, 1.54) is 0 Å². The zero-order valence-electron chi connectivity index (χ0n) is 11.1. The van der Waals surface area contributed by atoms with Crippen molar-refractivity contribution in [1.29, 1.82) is 0 Å². The number of allylic oxidation sites excluding steroid dienone is 1. The first kappa shape index (κ1) is 13.4. The number of carbonyl (C=O) groups is 1. The van der Waals surface area contributed by atoms with Crippen LogP contribution >= 0.6 is 0 Å². The van der Waals surface area contributed by atoms with Crippen LogP contribution in [0.15, 0.2) is 54.6 Å². The van der Waals surface area contributed by atoms with Crippen LogP contribution in [0.5, 0.6) is 0 Å². The quantitative estimate of drug-likeness (QED) is 0.768. The van der Waals surface area contributed by atoms with Crippen molar-refractivity contribution in [3.8, 4) is 0 Å². The molecule has 0 N–H and O–H groups in total. The lowest BCUT2D eigenvalue weighted by atomic mass is 9.88. The smallest absolute Gasteiger partial charge is 0.429 e. The lowest BCUT2D eigenvalue weighted by Crippen LogP contribution is -2.33. The summed E-state index contributed by atoms with van der Waals surface area (Å²) >= 11 is 0. The van der Waals surface area contributed by atoms with Crippen molar-refractivity contribution in [3.05, 3.63) is 60.2 Å². The van der Waals surface area contributed by atoms with E-state index in [1.54, 1.807) is 0 Å².